The van der Waals surface area contributed by atoms with Gasteiger partial charge >= 0.3 is 5.69 Å². The van der Waals surface area contributed by atoms with Crippen molar-refractivity contribution in [2.75, 3.05) is 0 Å². The van der Waals surface area contributed by atoms with E-state index in [1.807, 2.05) is 36.4 Å². The highest BCUT2D eigenvalue weighted by Crippen LogP contribution is 2.30. The molecule has 0 bridgehead atoms. The molecule has 0 aliphatic rings. The van der Waals surface area contributed by atoms with Gasteiger partial charge in [0.1, 0.15) is 6.20 Å². The lowest BCUT2D eigenvalue weighted by Crippen LogP contribution is -2.30. The maximum absolute atomic E-state index is 12.0. The summed E-state index contributed by atoms with van der Waals surface area (Å²) in [7, 11) is 0. The molecule has 0 unspecified atom stereocenters. The molecule has 1 heterocycles. The second-order valence-electron chi connectivity index (χ2n) is 7.38. The van der Waals surface area contributed by atoms with Crippen LogP contribution in [0.25, 0.3) is 5.69 Å². The number of nitrogens with one attached hydrogen (secondary N) is 1. The van der Waals surface area contributed by atoms with Crippen molar-refractivity contribution < 1.29 is 5.11 Å². The first-order valence-corrected chi connectivity index (χ1v) is 10.6. The van der Waals surface area contributed by atoms with Crippen molar-refractivity contribution in [2.45, 2.75) is 19.4 Å². The van der Waals surface area contributed by atoms with Gasteiger partial charge in [-0.3, -0.25) is 9.78 Å². The molecule has 0 atom stereocenters. The number of aromatic amines is 1. The lowest BCUT2D eigenvalue weighted by Gasteiger charge is -2.11. The van der Waals surface area contributed by atoms with Crippen LogP contribution in [0.2, 0.25) is 10.0 Å². The van der Waals surface area contributed by atoms with E-state index in [1.54, 1.807) is 12.1 Å². The minimum Gasteiger partial charge on any atom is -0.392 e. The van der Waals surface area contributed by atoms with E-state index in [1.165, 1.54) is 11.1 Å². The summed E-state index contributed by atoms with van der Waals surface area (Å²) in [5.74, 6) is 0. The van der Waals surface area contributed by atoms with Crippen molar-refractivity contribution in [2.24, 2.45) is 0 Å². The van der Waals surface area contributed by atoms with Gasteiger partial charge in [-0.15, -0.1) is 0 Å². The average Bonchev–Trinajstić information content (AvgIpc) is 2.78. The molecule has 162 valence electrons. The highest BCUT2D eigenvalue weighted by atomic mass is 35.5. The largest absolute Gasteiger partial charge is 0.392 e. The third-order valence-corrected chi connectivity index (χ3v) is 5.78. The number of benzene rings is 3. The summed E-state index contributed by atoms with van der Waals surface area (Å²) in [6.07, 6.45) is 2.33. The number of rotatable bonds is 6. The molecule has 32 heavy (non-hydrogen) atoms. The first-order chi connectivity index (χ1) is 15.4. The number of aromatic nitrogens is 3. The maximum atomic E-state index is 12.0. The topological polar surface area (TPSA) is 88.0 Å². The Bertz CT molecular complexity index is 1340. The average molecular weight is 468 g/mol. The zero-order chi connectivity index (χ0) is 22.7. The Labute approximate surface area is 193 Å². The van der Waals surface area contributed by atoms with Gasteiger partial charge in [-0.25, -0.2) is 4.79 Å². The van der Waals surface area contributed by atoms with Crippen molar-refractivity contribution in [3.63, 3.8) is 0 Å². The van der Waals surface area contributed by atoms with Gasteiger partial charge in [-0.1, -0.05) is 71.7 Å². The highest BCUT2D eigenvalue weighted by molar-refractivity contribution is 6.36. The SMILES string of the molecule is O=c1cnn(-c2cc(Cl)c(Cc3ccc(Cc4ccc(CO)cc4)cc3)c(Cl)c2)c(=O)[nH]1. The van der Waals surface area contributed by atoms with E-state index in [0.717, 1.165) is 34.0 Å². The molecule has 2 N–H and O–H groups in total. The molecule has 0 amide bonds. The van der Waals surface area contributed by atoms with Crippen LogP contribution in [0.1, 0.15) is 27.8 Å². The molecule has 0 aliphatic heterocycles. The molecule has 1 aromatic heterocycles. The van der Waals surface area contributed by atoms with Crippen LogP contribution < -0.4 is 11.2 Å². The van der Waals surface area contributed by atoms with E-state index in [0.29, 0.717) is 22.2 Å². The minimum absolute atomic E-state index is 0.0409. The summed E-state index contributed by atoms with van der Waals surface area (Å²) >= 11 is 12.9. The first kappa shape index (κ1) is 22.0. The predicted molar refractivity (Wildman–Crippen MR) is 125 cm³/mol. The Kier molecular flexibility index (Phi) is 6.55. The Morgan fingerprint density at radius 2 is 1.31 bits per heavy atom. The molecule has 0 aliphatic carbocycles. The fourth-order valence-corrected chi connectivity index (χ4v) is 4.00. The van der Waals surface area contributed by atoms with Gasteiger partial charge in [0.05, 0.1) is 12.3 Å². The summed E-state index contributed by atoms with van der Waals surface area (Å²) in [6.45, 7) is 0.0409. The Balaban J connectivity index is 1.52. The Hall–Kier alpha value is -3.19. The fourth-order valence-electron chi connectivity index (χ4n) is 3.40. The van der Waals surface area contributed by atoms with Crippen molar-refractivity contribution >= 4 is 23.2 Å². The number of nitrogens with zero attached hydrogens (tertiary/aromatic N) is 2. The van der Waals surface area contributed by atoms with E-state index in [4.69, 9.17) is 28.3 Å². The van der Waals surface area contributed by atoms with E-state index < -0.39 is 11.2 Å². The molecule has 4 rings (SSSR count). The van der Waals surface area contributed by atoms with Gasteiger partial charge in [0, 0.05) is 16.5 Å². The van der Waals surface area contributed by atoms with Gasteiger partial charge in [0.2, 0.25) is 0 Å². The van der Waals surface area contributed by atoms with Gasteiger partial charge in [-0.2, -0.15) is 9.78 Å². The van der Waals surface area contributed by atoms with E-state index in [9.17, 15) is 9.59 Å². The number of halogens is 2. The number of hydrogen-bond acceptors (Lipinski definition) is 4. The second-order valence-corrected chi connectivity index (χ2v) is 8.20. The third-order valence-electron chi connectivity index (χ3n) is 5.10. The first-order valence-electron chi connectivity index (χ1n) is 9.86. The smallest absolute Gasteiger partial charge is 0.349 e. The molecule has 8 heteroatoms. The molecule has 3 aromatic carbocycles. The zero-order valence-corrected chi connectivity index (χ0v) is 18.4. The minimum atomic E-state index is -0.668. The van der Waals surface area contributed by atoms with Gasteiger partial charge in [0.25, 0.3) is 5.56 Å². The van der Waals surface area contributed by atoms with Crippen LogP contribution in [0.3, 0.4) is 0 Å². The van der Waals surface area contributed by atoms with Crippen LogP contribution in [0.5, 0.6) is 0 Å². The molecule has 0 saturated heterocycles. The Morgan fingerprint density at radius 1 is 0.812 bits per heavy atom. The molecular weight excluding hydrogens is 449 g/mol. The van der Waals surface area contributed by atoms with Crippen molar-refractivity contribution in [3.05, 3.63) is 126 Å². The quantitative estimate of drug-likeness (QED) is 0.450. The number of aliphatic hydroxyl groups is 1. The van der Waals surface area contributed by atoms with Gasteiger partial charge in [-0.05, 0) is 46.4 Å². The van der Waals surface area contributed by atoms with Crippen molar-refractivity contribution in [3.8, 4) is 5.69 Å². The van der Waals surface area contributed by atoms with Crippen LogP contribution in [-0.4, -0.2) is 19.9 Å². The highest BCUT2D eigenvalue weighted by Gasteiger charge is 2.12. The van der Waals surface area contributed by atoms with Gasteiger partial charge < -0.3 is 5.11 Å². The monoisotopic (exact) mass is 467 g/mol. The maximum Gasteiger partial charge on any atom is 0.349 e. The summed E-state index contributed by atoms with van der Waals surface area (Å²) in [5.41, 5.74) is 4.13. The summed E-state index contributed by atoms with van der Waals surface area (Å²) in [4.78, 5) is 25.4. The Morgan fingerprint density at radius 3 is 1.81 bits per heavy atom. The molecule has 6 nitrogen and oxygen atoms in total. The molecule has 0 saturated carbocycles. The van der Waals surface area contributed by atoms with Gasteiger partial charge in [0.15, 0.2) is 0 Å². The van der Waals surface area contributed by atoms with Crippen LogP contribution in [0.4, 0.5) is 0 Å². The van der Waals surface area contributed by atoms with Crippen molar-refractivity contribution in [1.29, 1.82) is 0 Å². The van der Waals surface area contributed by atoms with E-state index >= 15 is 0 Å². The lowest BCUT2D eigenvalue weighted by atomic mass is 9.99. The summed E-state index contributed by atoms with van der Waals surface area (Å²) in [6, 6.07) is 19.3. The number of hydrogen-bond donors (Lipinski definition) is 2. The fraction of sp³-hybridized carbons (Fsp3) is 0.125. The molecule has 4 aromatic rings. The lowest BCUT2D eigenvalue weighted by molar-refractivity contribution is 0.282. The molecule has 0 radical (unpaired) electrons. The second kappa shape index (κ2) is 9.53. The van der Waals surface area contributed by atoms with Crippen LogP contribution in [-0.2, 0) is 19.4 Å². The predicted octanol–water partition coefficient (Wildman–Crippen LogP) is 3.90. The zero-order valence-electron chi connectivity index (χ0n) is 16.9. The van der Waals surface area contributed by atoms with Crippen LogP contribution in [0, 0.1) is 0 Å². The van der Waals surface area contributed by atoms with E-state index in [2.05, 4.69) is 22.2 Å². The third kappa shape index (κ3) is 4.99. The molecule has 0 spiro atoms. The molecule has 0 fully saturated rings. The molecular formula is C24H19Cl2N3O3. The summed E-state index contributed by atoms with van der Waals surface area (Å²) in [5, 5.41) is 13.8. The number of aliphatic hydroxyl groups excluding tert-OH is 1. The van der Waals surface area contributed by atoms with Crippen LogP contribution in [0.15, 0.2) is 76.4 Å². The summed E-state index contributed by atoms with van der Waals surface area (Å²) < 4.78 is 1.03. The normalized spacial score (nSPS) is 11.0. The van der Waals surface area contributed by atoms with Crippen LogP contribution >= 0.6 is 23.2 Å². The van der Waals surface area contributed by atoms with E-state index in [-0.39, 0.29) is 6.61 Å². The standard InChI is InChI=1S/C24H19Cl2N3O3/c25-21-11-19(29-24(32)28-23(31)13-27-29)12-22(26)20(21)10-17-3-1-15(2-4-17)9-16-5-7-18(14-30)8-6-16/h1-8,11-13,30H,9-10,14H2,(H,28,31,32). The number of H-pyrrole nitrogens is 1. The van der Waals surface area contributed by atoms with Crippen molar-refractivity contribution in [1.82, 2.24) is 14.8 Å².